The first-order valence-corrected chi connectivity index (χ1v) is 7.33. The Hall–Kier alpha value is -1.06. The summed E-state index contributed by atoms with van der Waals surface area (Å²) in [6.07, 6.45) is 3.91. The number of nitrogens with one attached hydrogen (secondary N) is 1. The summed E-state index contributed by atoms with van der Waals surface area (Å²) in [5, 5.41) is 8.13. The minimum absolute atomic E-state index is 0.0665. The second-order valence-corrected chi connectivity index (χ2v) is 5.81. The van der Waals surface area contributed by atoms with Gasteiger partial charge in [-0.15, -0.1) is 0 Å². The first kappa shape index (κ1) is 14.4. The van der Waals surface area contributed by atoms with Gasteiger partial charge in [0.05, 0.1) is 0 Å². The van der Waals surface area contributed by atoms with Crippen LogP contribution in [0.5, 0.6) is 0 Å². The van der Waals surface area contributed by atoms with Gasteiger partial charge in [0.25, 0.3) is 0 Å². The molecule has 4 heteroatoms. The van der Waals surface area contributed by atoms with Crippen LogP contribution >= 0.6 is 11.6 Å². The summed E-state index contributed by atoms with van der Waals surface area (Å²) in [6, 6.07) is 5.67. The number of rotatable bonds is 7. The Labute approximate surface area is 120 Å². The molecular formula is C15H22ClN3. The molecule has 1 aliphatic carbocycles. The van der Waals surface area contributed by atoms with Crippen molar-refractivity contribution >= 4 is 17.4 Å². The third kappa shape index (κ3) is 4.22. The van der Waals surface area contributed by atoms with Crippen LogP contribution in [-0.2, 0) is 6.54 Å². The van der Waals surface area contributed by atoms with Gasteiger partial charge in [-0.3, -0.25) is 10.3 Å². The molecule has 0 amide bonds. The predicted molar refractivity (Wildman–Crippen MR) is 80.8 cm³/mol. The summed E-state index contributed by atoms with van der Waals surface area (Å²) in [7, 11) is 0. The number of hydrogen-bond acceptors (Lipinski definition) is 2. The molecule has 0 unspecified atom stereocenters. The Bertz CT molecular complexity index is 455. The van der Waals surface area contributed by atoms with E-state index in [1.807, 2.05) is 12.1 Å². The molecule has 104 valence electrons. The summed E-state index contributed by atoms with van der Waals surface area (Å²) in [5.41, 5.74) is 7.29. The zero-order valence-corrected chi connectivity index (χ0v) is 12.2. The third-order valence-electron chi connectivity index (χ3n) is 3.51. The molecule has 0 heterocycles. The topological polar surface area (TPSA) is 53.1 Å². The standard InChI is InChI=1S/C15H22ClN3/c1-2-7-19(9-11-3-4-11)10-13-6-5-12(15(17)18)8-14(13)16/h5-6,8,11H,2-4,7,9-10H2,1H3,(H3,17,18). The van der Waals surface area contributed by atoms with Crippen LogP contribution < -0.4 is 5.73 Å². The van der Waals surface area contributed by atoms with E-state index in [4.69, 9.17) is 22.7 Å². The van der Waals surface area contributed by atoms with Crippen molar-refractivity contribution in [2.45, 2.75) is 32.7 Å². The quantitative estimate of drug-likeness (QED) is 0.595. The van der Waals surface area contributed by atoms with Crippen LogP contribution in [0.4, 0.5) is 0 Å². The highest BCUT2D eigenvalue weighted by atomic mass is 35.5. The zero-order valence-electron chi connectivity index (χ0n) is 11.5. The Morgan fingerprint density at radius 1 is 1.47 bits per heavy atom. The predicted octanol–water partition coefficient (Wildman–Crippen LogP) is 3.25. The van der Waals surface area contributed by atoms with Gasteiger partial charge in [0.2, 0.25) is 0 Å². The van der Waals surface area contributed by atoms with Gasteiger partial charge in [-0.1, -0.05) is 30.7 Å². The maximum atomic E-state index is 7.42. The maximum absolute atomic E-state index is 7.42. The summed E-state index contributed by atoms with van der Waals surface area (Å²) in [6.45, 7) is 5.39. The lowest BCUT2D eigenvalue weighted by Crippen LogP contribution is -2.26. The molecule has 0 radical (unpaired) electrons. The third-order valence-corrected chi connectivity index (χ3v) is 3.86. The molecule has 0 aromatic heterocycles. The van der Waals surface area contributed by atoms with Crippen molar-refractivity contribution in [3.05, 3.63) is 34.3 Å². The number of nitrogens with zero attached hydrogens (tertiary/aromatic N) is 1. The van der Waals surface area contributed by atoms with Gasteiger partial charge in [-0.2, -0.15) is 0 Å². The van der Waals surface area contributed by atoms with Gasteiger partial charge in [0.1, 0.15) is 5.84 Å². The highest BCUT2D eigenvalue weighted by molar-refractivity contribution is 6.31. The van der Waals surface area contributed by atoms with E-state index in [-0.39, 0.29) is 5.84 Å². The molecule has 3 N–H and O–H groups in total. The average Bonchev–Trinajstić information content (AvgIpc) is 3.15. The summed E-state index contributed by atoms with van der Waals surface area (Å²) in [5.74, 6) is 0.957. The minimum atomic E-state index is 0.0665. The van der Waals surface area contributed by atoms with E-state index in [0.29, 0.717) is 10.6 Å². The van der Waals surface area contributed by atoms with E-state index in [1.54, 1.807) is 6.07 Å². The summed E-state index contributed by atoms with van der Waals surface area (Å²) < 4.78 is 0. The molecule has 1 aromatic carbocycles. The lowest BCUT2D eigenvalue weighted by molar-refractivity contribution is 0.255. The van der Waals surface area contributed by atoms with Crippen LogP contribution in [0.3, 0.4) is 0 Å². The molecule has 1 fully saturated rings. The van der Waals surface area contributed by atoms with Crippen molar-refractivity contribution in [2.75, 3.05) is 13.1 Å². The van der Waals surface area contributed by atoms with Gasteiger partial charge in [-0.25, -0.2) is 0 Å². The fourth-order valence-corrected chi connectivity index (χ4v) is 2.54. The van der Waals surface area contributed by atoms with E-state index in [9.17, 15) is 0 Å². The zero-order chi connectivity index (χ0) is 13.8. The van der Waals surface area contributed by atoms with E-state index >= 15 is 0 Å². The first-order chi connectivity index (χ1) is 9.10. The molecule has 0 atom stereocenters. The minimum Gasteiger partial charge on any atom is -0.384 e. The number of amidine groups is 1. The Kier molecular flexibility index (Phi) is 4.83. The van der Waals surface area contributed by atoms with E-state index in [0.717, 1.165) is 31.0 Å². The highest BCUT2D eigenvalue weighted by Gasteiger charge is 2.24. The van der Waals surface area contributed by atoms with Gasteiger partial charge in [-0.05, 0) is 43.4 Å². The molecule has 0 aliphatic heterocycles. The number of nitrogen functional groups attached to an aromatic ring is 1. The summed E-state index contributed by atoms with van der Waals surface area (Å²) in [4.78, 5) is 2.48. The smallest absolute Gasteiger partial charge is 0.122 e. The Morgan fingerprint density at radius 2 is 2.21 bits per heavy atom. The van der Waals surface area contributed by atoms with Crippen LogP contribution in [0.1, 0.15) is 37.3 Å². The number of benzene rings is 1. The first-order valence-electron chi connectivity index (χ1n) is 6.95. The largest absolute Gasteiger partial charge is 0.384 e. The van der Waals surface area contributed by atoms with Crippen molar-refractivity contribution in [3.8, 4) is 0 Å². The monoisotopic (exact) mass is 279 g/mol. The fraction of sp³-hybridized carbons (Fsp3) is 0.533. The van der Waals surface area contributed by atoms with Crippen molar-refractivity contribution in [2.24, 2.45) is 11.7 Å². The average molecular weight is 280 g/mol. The van der Waals surface area contributed by atoms with Gasteiger partial charge in [0, 0.05) is 23.7 Å². The molecule has 0 saturated heterocycles. The van der Waals surface area contributed by atoms with E-state index < -0.39 is 0 Å². The van der Waals surface area contributed by atoms with Crippen LogP contribution in [0.2, 0.25) is 5.02 Å². The van der Waals surface area contributed by atoms with Crippen LogP contribution in [0, 0.1) is 11.3 Å². The van der Waals surface area contributed by atoms with Crippen molar-refractivity contribution in [1.29, 1.82) is 5.41 Å². The number of nitrogens with two attached hydrogens (primary N) is 1. The van der Waals surface area contributed by atoms with Crippen molar-refractivity contribution in [1.82, 2.24) is 4.90 Å². The number of hydrogen-bond donors (Lipinski definition) is 2. The lowest BCUT2D eigenvalue weighted by atomic mass is 10.1. The highest BCUT2D eigenvalue weighted by Crippen LogP contribution is 2.30. The lowest BCUT2D eigenvalue weighted by Gasteiger charge is -2.22. The fourth-order valence-electron chi connectivity index (χ4n) is 2.30. The normalized spacial score (nSPS) is 14.9. The maximum Gasteiger partial charge on any atom is 0.122 e. The van der Waals surface area contributed by atoms with Crippen LogP contribution in [-0.4, -0.2) is 23.8 Å². The second-order valence-electron chi connectivity index (χ2n) is 5.40. The van der Waals surface area contributed by atoms with E-state index in [1.165, 1.54) is 19.4 Å². The van der Waals surface area contributed by atoms with Gasteiger partial charge in [0.15, 0.2) is 0 Å². The molecule has 1 aliphatic rings. The molecule has 19 heavy (non-hydrogen) atoms. The Morgan fingerprint density at radius 3 is 2.74 bits per heavy atom. The Balaban J connectivity index is 2.04. The van der Waals surface area contributed by atoms with Crippen LogP contribution in [0.15, 0.2) is 18.2 Å². The van der Waals surface area contributed by atoms with Gasteiger partial charge >= 0.3 is 0 Å². The second kappa shape index (κ2) is 6.40. The van der Waals surface area contributed by atoms with Crippen molar-refractivity contribution in [3.63, 3.8) is 0 Å². The molecule has 1 aromatic rings. The molecule has 3 nitrogen and oxygen atoms in total. The molecule has 2 rings (SSSR count). The molecular weight excluding hydrogens is 258 g/mol. The molecule has 1 saturated carbocycles. The summed E-state index contributed by atoms with van der Waals surface area (Å²) >= 11 is 6.29. The molecule has 0 spiro atoms. The van der Waals surface area contributed by atoms with Crippen molar-refractivity contribution < 1.29 is 0 Å². The van der Waals surface area contributed by atoms with Gasteiger partial charge < -0.3 is 5.73 Å². The number of halogens is 1. The van der Waals surface area contributed by atoms with E-state index in [2.05, 4.69) is 11.8 Å². The van der Waals surface area contributed by atoms with Crippen LogP contribution in [0.25, 0.3) is 0 Å². The molecule has 0 bridgehead atoms. The SMILES string of the molecule is CCCN(Cc1ccc(C(=N)N)cc1Cl)CC1CC1.